The predicted octanol–water partition coefficient (Wildman–Crippen LogP) is 3.66. The van der Waals surface area contributed by atoms with E-state index in [1.165, 1.54) is 0 Å². The Hall–Kier alpha value is -3.27. The van der Waals surface area contributed by atoms with Gasteiger partial charge in [0.15, 0.2) is 5.16 Å². The third kappa shape index (κ3) is 4.34. The molecule has 28 heavy (non-hydrogen) atoms. The average molecular weight is 401 g/mol. The SMILES string of the molecule is Cc1ccc(-n2cnnc2SCC(=O)Nc2cc([N+](=O)[O-])ccc2F)c(C)c1. The van der Waals surface area contributed by atoms with Crippen LogP contribution in [0.1, 0.15) is 11.1 Å². The number of rotatable bonds is 6. The molecule has 0 saturated heterocycles. The highest BCUT2D eigenvalue weighted by atomic mass is 32.2. The molecule has 0 atom stereocenters. The van der Waals surface area contributed by atoms with Crippen molar-refractivity contribution < 1.29 is 14.1 Å². The van der Waals surface area contributed by atoms with E-state index in [4.69, 9.17) is 0 Å². The molecule has 0 aliphatic rings. The largest absolute Gasteiger partial charge is 0.323 e. The average Bonchev–Trinajstić information content (AvgIpc) is 3.10. The lowest BCUT2D eigenvalue weighted by atomic mass is 10.1. The van der Waals surface area contributed by atoms with Gasteiger partial charge in [0.2, 0.25) is 5.91 Å². The van der Waals surface area contributed by atoms with Crippen molar-refractivity contribution in [2.24, 2.45) is 0 Å². The first-order valence-corrected chi connectivity index (χ1v) is 9.18. The summed E-state index contributed by atoms with van der Waals surface area (Å²) in [6, 6.07) is 8.90. The standard InChI is InChI=1S/C18H16FN5O3S/c1-11-3-6-16(12(2)7-11)23-10-20-22-18(23)28-9-17(25)21-15-8-13(24(26)27)4-5-14(15)19/h3-8,10H,9H2,1-2H3,(H,21,25). The summed E-state index contributed by atoms with van der Waals surface area (Å²) < 4.78 is 15.6. The lowest BCUT2D eigenvalue weighted by molar-refractivity contribution is -0.384. The smallest absolute Gasteiger partial charge is 0.271 e. The third-order valence-electron chi connectivity index (χ3n) is 3.90. The number of halogens is 1. The first kappa shape index (κ1) is 19.5. The fourth-order valence-electron chi connectivity index (χ4n) is 2.60. The van der Waals surface area contributed by atoms with E-state index in [1.54, 1.807) is 10.9 Å². The van der Waals surface area contributed by atoms with E-state index >= 15 is 0 Å². The summed E-state index contributed by atoms with van der Waals surface area (Å²) in [6.45, 7) is 3.96. The minimum atomic E-state index is -0.748. The highest BCUT2D eigenvalue weighted by Gasteiger charge is 2.15. The van der Waals surface area contributed by atoms with Crippen LogP contribution >= 0.6 is 11.8 Å². The van der Waals surface area contributed by atoms with Crippen molar-refractivity contribution >= 4 is 29.0 Å². The molecule has 8 nitrogen and oxygen atoms in total. The van der Waals surface area contributed by atoms with Gasteiger partial charge in [-0.2, -0.15) is 0 Å². The maximum atomic E-state index is 13.8. The number of carbonyl (C=O) groups excluding carboxylic acids is 1. The number of hydrogen-bond donors (Lipinski definition) is 1. The first-order chi connectivity index (χ1) is 13.3. The number of anilines is 1. The van der Waals surface area contributed by atoms with Crippen molar-refractivity contribution in [3.8, 4) is 5.69 Å². The number of benzene rings is 2. The predicted molar refractivity (Wildman–Crippen MR) is 103 cm³/mol. The second-order valence-electron chi connectivity index (χ2n) is 6.03. The zero-order valence-electron chi connectivity index (χ0n) is 15.0. The fourth-order valence-corrected chi connectivity index (χ4v) is 3.32. The molecule has 1 heterocycles. The van der Waals surface area contributed by atoms with Crippen LogP contribution in [0.3, 0.4) is 0 Å². The van der Waals surface area contributed by atoms with Gasteiger partial charge in [-0.3, -0.25) is 19.5 Å². The molecule has 0 unspecified atom stereocenters. The van der Waals surface area contributed by atoms with E-state index in [2.05, 4.69) is 15.5 Å². The summed E-state index contributed by atoms with van der Waals surface area (Å²) in [5.74, 6) is -1.33. The third-order valence-corrected chi connectivity index (χ3v) is 4.84. The monoisotopic (exact) mass is 401 g/mol. The quantitative estimate of drug-likeness (QED) is 0.384. The Bertz CT molecular complexity index is 1050. The molecule has 3 aromatic rings. The Morgan fingerprint density at radius 2 is 2.07 bits per heavy atom. The van der Waals surface area contributed by atoms with Gasteiger partial charge in [-0.1, -0.05) is 29.5 Å². The number of nitro benzene ring substituents is 1. The highest BCUT2D eigenvalue weighted by Crippen LogP contribution is 2.24. The van der Waals surface area contributed by atoms with E-state index in [0.29, 0.717) is 5.16 Å². The Morgan fingerprint density at radius 1 is 1.29 bits per heavy atom. The van der Waals surface area contributed by atoms with Crippen molar-refractivity contribution in [3.05, 3.63) is 69.8 Å². The number of hydrogen-bond acceptors (Lipinski definition) is 6. The molecular weight excluding hydrogens is 385 g/mol. The van der Waals surface area contributed by atoms with Crippen LogP contribution < -0.4 is 5.32 Å². The van der Waals surface area contributed by atoms with Crippen LogP contribution in [0, 0.1) is 29.8 Å². The molecule has 1 amide bonds. The number of amides is 1. The number of thioether (sulfide) groups is 1. The van der Waals surface area contributed by atoms with Crippen molar-refractivity contribution in [2.45, 2.75) is 19.0 Å². The van der Waals surface area contributed by atoms with Gasteiger partial charge in [-0.25, -0.2) is 4.39 Å². The molecule has 0 aliphatic heterocycles. The fraction of sp³-hybridized carbons (Fsp3) is 0.167. The molecule has 1 N–H and O–H groups in total. The summed E-state index contributed by atoms with van der Waals surface area (Å²) in [7, 11) is 0. The number of nitro groups is 1. The van der Waals surface area contributed by atoms with Gasteiger partial charge in [0.1, 0.15) is 12.1 Å². The zero-order valence-corrected chi connectivity index (χ0v) is 15.9. The number of nitrogens with zero attached hydrogens (tertiary/aromatic N) is 4. The summed E-state index contributed by atoms with van der Waals surface area (Å²) in [5.41, 5.74) is 2.50. The number of aryl methyl sites for hydroxylation is 2. The number of nitrogens with one attached hydrogen (secondary N) is 1. The summed E-state index contributed by atoms with van der Waals surface area (Å²) in [6.07, 6.45) is 1.55. The van der Waals surface area contributed by atoms with Gasteiger partial charge < -0.3 is 5.32 Å². The van der Waals surface area contributed by atoms with Gasteiger partial charge in [-0.15, -0.1) is 10.2 Å². The molecule has 10 heteroatoms. The minimum Gasteiger partial charge on any atom is -0.323 e. The minimum absolute atomic E-state index is 0.0638. The first-order valence-electron chi connectivity index (χ1n) is 8.19. The van der Waals surface area contributed by atoms with Crippen LogP contribution in [0.2, 0.25) is 0 Å². The normalized spacial score (nSPS) is 10.7. The van der Waals surface area contributed by atoms with Gasteiger partial charge in [0.25, 0.3) is 5.69 Å². The van der Waals surface area contributed by atoms with E-state index in [9.17, 15) is 19.3 Å². The van der Waals surface area contributed by atoms with Crippen LogP contribution in [0.5, 0.6) is 0 Å². The summed E-state index contributed by atoms with van der Waals surface area (Å²) in [5, 5.41) is 21.6. The van der Waals surface area contributed by atoms with E-state index in [1.807, 2.05) is 32.0 Å². The van der Waals surface area contributed by atoms with Crippen LogP contribution in [0.4, 0.5) is 15.8 Å². The Morgan fingerprint density at radius 3 is 2.79 bits per heavy atom. The number of non-ortho nitro benzene ring substituents is 1. The molecule has 144 valence electrons. The second-order valence-corrected chi connectivity index (χ2v) is 6.97. The number of aromatic nitrogens is 3. The van der Waals surface area contributed by atoms with Crippen LogP contribution in [-0.4, -0.2) is 31.3 Å². The molecule has 0 aliphatic carbocycles. The van der Waals surface area contributed by atoms with E-state index in [-0.39, 0.29) is 17.1 Å². The van der Waals surface area contributed by atoms with Crippen molar-refractivity contribution in [1.29, 1.82) is 0 Å². The van der Waals surface area contributed by atoms with Gasteiger partial charge in [0.05, 0.1) is 22.1 Å². The topological polar surface area (TPSA) is 103 Å². The molecule has 2 aromatic carbocycles. The lowest BCUT2D eigenvalue weighted by Crippen LogP contribution is -2.15. The Kier molecular flexibility index (Phi) is 5.69. The maximum Gasteiger partial charge on any atom is 0.271 e. The Labute approximate surface area is 163 Å². The summed E-state index contributed by atoms with van der Waals surface area (Å²) >= 11 is 1.13. The lowest BCUT2D eigenvalue weighted by Gasteiger charge is -2.10. The van der Waals surface area contributed by atoms with Gasteiger partial charge in [0, 0.05) is 12.1 Å². The van der Waals surface area contributed by atoms with Crippen molar-refractivity contribution in [2.75, 3.05) is 11.1 Å². The van der Waals surface area contributed by atoms with Crippen LogP contribution in [0.25, 0.3) is 5.69 Å². The van der Waals surface area contributed by atoms with E-state index < -0.39 is 16.6 Å². The molecule has 1 aromatic heterocycles. The molecule has 3 rings (SSSR count). The van der Waals surface area contributed by atoms with E-state index in [0.717, 1.165) is 46.8 Å². The van der Waals surface area contributed by atoms with Crippen molar-refractivity contribution in [1.82, 2.24) is 14.8 Å². The van der Waals surface area contributed by atoms with Crippen molar-refractivity contribution in [3.63, 3.8) is 0 Å². The highest BCUT2D eigenvalue weighted by molar-refractivity contribution is 7.99. The molecular formula is C18H16FN5O3S. The molecule has 0 saturated carbocycles. The van der Waals surface area contributed by atoms with Gasteiger partial charge in [-0.05, 0) is 31.5 Å². The molecule has 0 spiro atoms. The molecule has 0 fully saturated rings. The van der Waals surface area contributed by atoms with Crippen LogP contribution in [0.15, 0.2) is 47.9 Å². The zero-order chi connectivity index (χ0) is 20.3. The summed E-state index contributed by atoms with van der Waals surface area (Å²) in [4.78, 5) is 22.3. The van der Waals surface area contributed by atoms with Crippen LogP contribution in [-0.2, 0) is 4.79 Å². The van der Waals surface area contributed by atoms with Gasteiger partial charge >= 0.3 is 0 Å². The Balaban J connectivity index is 1.70. The second kappa shape index (κ2) is 8.17. The number of carbonyl (C=O) groups is 1. The maximum absolute atomic E-state index is 13.8. The molecule has 0 radical (unpaired) electrons. The molecule has 0 bridgehead atoms.